The van der Waals surface area contributed by atoms with E-state index < -0.39 is 30.0 Å². The van der Waals surface area contributed by atoms with Crippen LogP contribution in [0, 0.1) is 0 Å². The quantitative estimate of drug-likeness (QED) is 0.751. The maximum absolute atomic E-state index is 10.8. The van der Waals surface area contributed by atoms with Crippen molar-refractivity contribution in [3.05, 3.63) is 18.2 Å². The molecule has 0 radical (unpaired) electrons. The van der Waals surface area contributed by atoms with Crippen LogP contribution in [0.15, 0.2) is 28.0 Å². The Hall–Kier alpha value is -1.16. The minimum absolute atomic E-state index is 0.377. The van der Waals surface area contributed by atoms with Gasteiger partial charge < -0.3 is 4.74 Å². The first-order valence-corrected chi connectivity index (χ1v) is 6.67. The van der Waals surface area contributed by atoms with Crippen LogP contribution in [0.2, 0.25) is 0 Å². The lowest BCUT2D eigenvalue weighted by Crippen LogP contribution is -2.04. The summed E-state index contributed by atoms with van der Waals surface area (Å²) in [5.41, 5.74) is 0. The van der Waals surface area contributed by atoms with Gasteiger partial charge in [0.15, 0.2) is 0 Å². The van der Waals surface area contributed by atoms with E-state index in [2.05, 4.69) is 4.74 Å². The molecule has 0 aromatic heterocycles. The van der Waals surface area contributed by atoms with Gasteiger partial charge in [-0.15, -0.1) is 0 Å². The van der Waals surface area contributed by atoms with Gasteiger partial charge >= 0.3 is 0 Å². The molecule has 1 aromatic carbocycles. The first-order chi connectivity index (χ1) is 7.16. The van der Waals surface area contributed by atoms with Crippen molar-refractivity contribution in [2.75, 3.05) is 7.11 Å². The molecular weight excluding hydrogens is 260 g/mol. The minimum Gasteiger partial charge on any atom is -0.495 e. The molecule has 0 saturated carbocycles. The molecule has 9 heteroatoms. The van der Waals surface area contributed by atoms with Crippen LogP contribution in [0.1, 0.15) is 0 Å². The fraction of sp³-hybridized carbons (Fsp3) is 0.143. The highest BCUT2D eigenvalue weighted by atomic mass is 32.2. The summed E-state index contributed by atoms with van der Waals surface area (Å²) in [6.07, 6.45) is 0. The summed E-state index contributed by atoms with van der Waals surface area (Å²) in [5.74, 6) is -0.377. The predicted octanol–water partition coefficient (Wildman–Crippen LogP) is 0.189. The van der Waals surface area contributed by atoms with E-state index in [0.717, 1.165) is 25.3 Å². The molecule has 0 amide bonds. The molecule has 0 saturated heterocycles. The highest BCUT2D eigenvalue weighted by Crippen LogP contribution is 2.26. The van der Waals surface area contributed by atoms with Crippen molar-refractivity contribution in [2.45, 2.75) is 9.79 Å². The van der Waals surface area contributed by atoms with E-state index in [1.54, 1.807) is 0 Å². The van der Waals surface area contributed by atoms with Crippen molar-refractivity contribution in [1.29, 1.82) is 0 Å². The van der Waals surface area contributed by atoms with Gasteiger partial charge in [0.1, 0.15) is 10.6 Å². The Morgan fingerprint density at radius 1 is 1.06 bits per heavy atom. The third kappa shape index (κ3) is 2.70. The second kappa shape index (κ2) is 4.01. The van der Waals surface area contributed by atoms with E-state index in [0.29, 0.717) is 0 Å². The molecule has 16 heavy (non-hydrogen) atoms. The molecule has 0 fully saturated rings. The van der Waals surface area contributed by atoms with Crippen LogP contribution in [0.3, 0.4) is 0 Å². The molecule has 7 nitrogen and oxygen atoms in total. The molecule has 1 rings (SSSR count). The summed E-state index contributed by atoms with van der Waals surface area (Å²) in [4.78, 5) is -1.11. The average Bonchev–Trinajstić information content (AvgIpc) is 2.14. The van der Waals surface area contributed by atoms with E-state index in [-0.39, 0.29) is 5.75 Å². The number of rotatable bonds is 3. The van der Waals surface area contributed by atoms with Crippen LogP contribution < -0.4 is 4.74 Å². The summed E-state index contributed by atoms with van der Waals surface area (Å²) in [6, 6.07) is 2.44. The molecule has 2 N–H and O–H groups in total. The van der Waals surface area contributed by atoms with Gasteiger partial charge in [-0.3, -0.25) is 9.11 Å². The minimum atomic E-state index is -4.51. The maximum Gasteiger partial charge on any atom is 0.298 e. The summed E-state index contributed by atoms with van der Waals surface area (Å²) in [6.45, 7) is 0. The number of methoxy groups -OCH3 is 1. The molecule has 0 atom stereocenters. The topological polar surface area (TPSA) is 118 Å². The van der Waals surface area contributed by atoms with Gasteiger partial charge in [0.2, 0.25) is 0 Å². The van der Waals surface area contributed by atoms with E-state index in [1.165, 1.54) is 0 Å². The average molecular weight is 268 g/mol. The summed E-state index contributed by atoms with van der Waals surface area (Å²) < 4.78 is 65.2. The third-order valence-electron chi connectivity index (χ3n) is 1.71. The van der Waals surface area contributed by atoms with Crippen LogP contribution in [0.4, 0.5) is 0 Å². The molecule has 0 aliphatic rings. The zero-order valence-electron chi connectivity index (χ0n) is 7.98. The lowest BCUT2D eigenvalue weighted by molar-refractivity contribution is 0.395. The first-order valence-electron chi connectivity index (χ1n) is 3.79. The Bertz CT molecular complexity index is 600. The second-order valence-corrected chi connectivity index (χ2v) is 5.57. The van der Waals surface area contributed by atoms with Crippen molar-refractivity contribution >= 4 is 20.2 Å². The Morgan fingerprint density at radius 2 is 1.62 bits per heavy atom. The standard InChI is InChI=1S/C7H8O7S2/c1-14-6-4-5(15(8,9)10)2-3-7(6)16(11,12)13/h2-4H,1H3,(H,8,9,10)(H,11,12,13). The number of benzene rings is 1. The lowest BCUT2D eigenvalue weighted by atomic mass is 10.3. The normalized spacial score (nSPS) is 12.4. The Kier molecular flexibility index (Phi) is 3.24. The zero-order chi connectivity index (χ0) is 12.6. The molecule has 1 aromatic rings. The molecule has 0 unspecified atom stereocenters. The molecular formula is C7H8O7S2. The molecule has 0 aliphatic heterocycles. The smallest absolute Gasteiger partial charge is 0.298 e. The fourth-order valence-corrected chi connectivity index (χ4v) is 2.15. The highest BCUT2D eigenvalue weighted by molar-refractivity contribution is 7.86. The van der Waals surface area contributed by atoms with E-state index in [9.17, 15) is 16.8 Å². The summed E-state index contributed by atoms with van der Waals surface area (Å²) in [5, 5.41) is 0. The molecule has 0 heterocycles. The predicted molar refractivity (Wildman–Crippen MR) is 52.6 cm³/mol. The van der Waals surface area contributed by atoms with Crippen LogP contribution in [0.5, 0.6) is 5.75 Å². The van der Waals surface area contributed by atoms with Gasteiger partial charge in [-0.25, -0.2) is 0 Å². The van der Waals surface area contributed by atoms with Gasteiger partial charge in [-0.1, -0.05) is 0 Å². The number of hydrogen-bond acceptors (Lipinski definition) is 5. The van der Waals surface area contributed by atoms with Crippen LogP contribution >= 0.6 is 0 Å². The van der Waals surface area contributed by atoms with E-state index in [4.69, 9.17) is 9.11 Å². The van der Waals surface area contributed by atoms with E-state index in [1.807, 2.05) is 0 Å². The molecule has 0 bridgehead atoms. The lowest BCUT2D eigenvalue weighted by Gasteiger charge is -2.06. The first kappa shape index (κ1) is 12.9. The monoisotopic (exact) mass is 268 g/mol. The van der Waals surface area contributed by atoms with Crippen LogP contribution in [-0.2, 0) is 20.2 Å². The molecule has 0 spiro atoms. The number of ether oxygens (including phenoxy) is 1. The van der Waals surface area contributed by atoms with Gasteiger partial charge in [-0.2, -0.15) is 16.8 Å². The van der Waals surface area contributed by atoms with Crippen molar-refractivity contribution in [1.82, 2.24) is 0 Å². The van der Waals surface area contributed by atoms with E-state index >= 15 is 0 Å². The zero-order valence-corrected chi connectivity index (χ0v) is 9.62. The van der Waals surface area contributed by atoms with Crippen LogP contribution in [-0.4, -0.2) is 33.1 Å². The maximum atomic E-state index is 10.8. The Labute approximate surface area is 92.2 Å². The molecule has 0 aliphatic carbocycles. The molecule has 90 valence electrons. The number of hydrogen-bond donors (Lipinski definition) is 2. The largest absolute Gasteiger partial charge is 0.495 e. The Morgan fingerprint density at radius 3 is 2.00 bits per heavy atom. The van der Waals surface area contributed by atoms with Gasteiger partial charge in [0, 0.05) is 6.07 Å². The van der Waals surface area contributed by atoms with Gasteiger partial charge in [-0.05, 0) is 12.1 Å². The second-order valence-electron chi connectivity index (χ2n) is 2.76. The van der Waals surface area contributed by atoms with Crippen molar-refractivity contribution in [3.8, 4) is 5.75 Å². The van der Waals surface area contributed by atoms with Gasteiger partial charge in [0.25, 0.3) is 20.2 Å². The van der Waals surface area contributed by atoms with Crippen LogP contribution in [0.25, 0.3) is 0 Å². The highest BCUT2D eigenvalue weighted by Gasteiger charge is 2.19. The van der Waals surface area contributed by atoms with Gasteiger partial charge in [0.05, 0.1) is 12.0 Å². The fourth-order valence-electron chi connectivity index (χ4n) is 1.02. The van der Waals surface area contributed by atoms with Crippen molar-refractivity contribution in [2.24, 2.45) is 0 Å². The van der Waals surface area contributed by atoms with Crippen molar-refractivity contribution in [3.63, 3.8) is 0 Å². The SMILES string of the molecule is COc1cc(S(=O)(=O)O)ccc1S(=O)(=O)O. The van der Waals surface area contributed by atoms with Crippen molar-refractivity contribution < 1.29 is 30.7 Å². The third-order valence-corrected chi connectivity index (χ3v) is 3.45. The summed E-state index contributed by atoms with van der Waals surface area (Å²) in [7, 11) is -7.87. The Balaban J connectivity index is 3.52. The summed E-state index contributed by atoms with van der Waals surface area (Å²) >= 11 is 0.